The van der Waals surface area contributed by atoms with Crippen molar-refractivity contribution in [2.75, 3.05) is 32.0 Å². The van der Waals surface area contributed by atoms with Crippen LogP contribution in [0.4, 0.5) is 5.82 Å². The summed E-state index contributed by atoms with van der Waals surface area (Å²) in [5, 5.41) is 8.62. The molecule has 0 spiro atoms. The Morgan fingerprint density at radius 2 is 1.93 bits per heavy atom. The molecule has 1 atom stereocenters. The second-order valence-electron chi connectivity index (χ2n) is 8.17. The van der Waals surface area contributed by atoms with Gasteiger partial charge in [0.2, 0.25) is 0 Å². The van der Waals surface area contributed by atoms with Crippen molar-refractivity contribution in [2.45, 2.75) is 31.8 Å². The molecule has 1 saturated heterocycles. The minimum absolute atomic E-state index is 0.539. The highest BCUT2D eigenvalue weighted by atomic mass is 16.5. The molecule has 29 heavy (non-hydrogen) atoms. The topological polar surface area (TPSA) is 42.3 Å². The van der Waals surface area contributed by atoms with Crippen LogP contribution >= 0.6 is 0 Å². The van der Waals surface area contributed by atoms with E-state index in [4.69, 9.17) is 9.84 Å². The number of nitrogens with zero attached hydrogens (tertiary/aromatic N) is 3. The predicted octanol–water partition coefficient (Wildman–Crippen LogP) is 4.23. The van der Waals surface area contributed by atoms with Crippen LogP contribution in [0.5, 0.6) is 5.75 Å². The van der Waals surface area contributed by atoms with Crippen LogP contribution in [-0.2, 0) is 13.0 Å². The third kappa shape index (κ3) is 3.75. The molecule has 0 radical (unpaired) electrons. The van der Waals surface area contributed by atoms with Gasteiger partial charge in [-0.25, -0.2) is 4.68 Å². The van der Waals surface area contributed by atoms with Crippen LogP contribution in [0.1, 0.15) is 35.6 Å². The summed E-state index contributed by atoms with van der Waals surface area (Å²) in [5.74, 6) is 2.59. The number of hydrogen-bond acceptors (Lipinski definition) is 4. The maximum atomic E-state index is 5.94. The highest BCUT2D eigenvalue weighted by Gasteiger charge is 2.29. The standard InChI is InChI=1S/C24H28N4O/c1-27-15-5-8-19(16-27)23-22-13-14-25-24(22)28(26-23)20-9-11-21(12-10-20)29-17-18-6-3-2-4-7-18/h2-4,6-7,9-12,19,25H,5,8,13-17H2,1H3. The Hall–Kier alpha value is -2.79. The molecule has 1 unspecified atom stereocenters. The Kier molecular flexibility index (Phi) is 4.98. The SMILES string of the molecule is CN1CCCC(c2nn(-c3ccc(OCc4ccccc4)cc3)c3c2CCN3)C1. The van der Waals surface area contributed by atoms with Crippen molar-refractivity contribution in [1.82, 2.24) is 14.7 Å². The van der Waals surface area contributed by atoms with Crippen LogP contribution in [0, 0.1) is 0 Å². The first kappa shape index (κ1) is 18.3. The van der Waals surface area contributed by atoms with Gasteiger partial charge in [-0.15, -0.1) is 0 Å². The van der Waals surface area contributed by atoms with Gasteiger partial charge >= 0.3 is 0 Å². The van der Waals surface area contributed by atoms with Gasteiger partial charge in [0.05, 0.1) is 11.4 Å². The number of anilines is 1. The fourth-order valence-corrected chi connectivity index (χ4v) is 4.53. The summed E-state index contributed by atoms with van der Waals surface area (Å²) in [4.78, 5) is 2.43. The third-order valence-electron chi connectivity index (χ3n) is 6.02. The third-order valence-corrected chi connectivity index (χ3v) is 6.02. The number of likely N-dealkylation sites (N-methyl/N-ethyl adjacent to an activating group) is 1. The highest BCUT2D eigenvalue weighted by molar-refractivity contribution is 5.58. The van der Waals surface area contributed by atoms with Gasteiger partial charge in [-0.3, -0.25) is 0 Å². The van der Waals surface area contributed by atoms with Crippen LogP contribution in [-0.4, -0.2) is 41.4 Å². The Labute approximate surface area is 172 Å². The van der Waals surface area contributed by atoms with E-state index in [9.17, 15) is 0 Å². The van der Waals surface area contributed by atoms with E-state index in [1.165, 1.54) is 42.0 Å². The molecule has 3 heterocycles. The largest absolute Gasteiger partial charge is 0.489 e. The van der Waals surface area contributed by atoms with Gasteiger partial charge in [0.25, 0.3) is 0 Å². The number of hydrogen-bond donors (Lipinski definition) is 1. The molecule has 2 aromatic carbocycles. The molecular formula is C24H28N4O. The molecule has 1 N–H and O–H groups in total. The fraction of sp³-hybridized carbons (Fsp3) is 0.375. The predicted molar refractivity (Wildman–Crippen MR) is 116 cm³/mol. The zero-order chi connectivity index (χ0) is 19.6. The summed E-state index contributed by atoms with van der Waals surface area (Å²) in [7, 11) is 2.22. The van der Waals surface area contributed by atoms with Crippen LogP contribution in [0.15, 0.2) is 54.6 Å². The van der Waals surface area contributed by atoms with Gasteiger partial charge < -0.3 is 15.0 Å². The molecule has 2 aliphatic heterocycles. The number of aromatic nitrogens is 2. The van der Waals surface area contributed by atoms with Gasteiger partial charge in [-0.1, -0.05) is 30.3 Å². The smallest absolute Gasteiger partial charge is 0.133 e. The van der Waals surface area contributed by atoms with Gasteiger partial charge in [-0.2, -0.15) is 5.10 Å². The summed E-state index contributed by atoms with van der Waals surface area (Å²) in [6, 6.07) is 18.5. The zero-order valence-corrected chi connectivity index (χ0v) is 17.0. The van der Waals surface area contributed by atoms with Crippen LogP contribution in [0.25, 0.3) is 5.69 Å². The average molecular weight is 389 g/mol. The lowest BCUT2D eigenvalue weighted by atomic mass is 9.92. The molecule has 0 saturated carbocycles. The molecular weight excluding hydrogens is 360 g/mol. The second-order valence-corrected chi connectivity index (χ2v) is 8.17. The quantitative estimate of drug-likeness (QED) is 0.710. The molecule has 0 bridgehead atoms. The normalized spacial score (nSPS) is 19.0. The van der Waals surface area contributed by atoms with E-state index in [-0.39, 0.29) is 0 Å². The summed E-state index contributed by atoms with van der Waals surface area (Å²) in [6.45, 7) is 3.89. The first-order valence-corrected chi connectivity index (χ1v) is 10.6. The van der Waals surface area contributed by atoms with Crippen LogP contribution < -0.4 is 10.1 Å². The molecule has 0 aliphatic carbocycles. The van der Waals surface area contributed by atoms with Gasteiger partial charge in [-0.05, 0) is 62.7 Å². The Bertz CT molecular complexity index is 965. The first-order chi connectivity index (χ1) is 14.3. The highest BCUT2D eigenvalue weighted by Crippen LogP contribution is 2.36. The monoisotopic (exact) mass is 388 g/mol. The lowest BCUT2D eigenvalue weighted by Gasteiger charge is -2.29. The van der Waals surface area contributed by atoms with E-state index in [1.54, 1.807) is 0 Å². The van der Waals surface area contributed by atoms with E-state index in [0.717, 1.165) is 30.9 Å². The lowest BCUT2D eigenvalue weighted by Crippen LogP contribution is -2.31. The second kappa shape index (κ2) is 7.91. The number of fused-ring (bicyclic) bond motifs is 1. The van der Waals surface area contributed by atoms with E-state index in [2.05, 4.69) is 46.2 Å². The molecule has 3 aromatic rings. The number of likely N-dealkylation sites (tertiary alicyclic amines) is 1. The number of ether oxygens (including phenoxy) is 1. The minimum Gasteiger partial charge on any atom is -0.489 e. The summed E-state index contributed by atoms with van der Waals surface area (Å²) >= 11 is 0. The maximum absolute atomic E-state index is 5.94. The Morgan fingerprint density at radius 1 is 1.10 bits per heavy atom. The van der Waals surface area contributed by atoms with Crippen molar-refractivity contribution in [3.63, 3.8) is 0 Å². The molecule has 5 heteroatoms. The maximum Gasteiger partial charge on any atom is 0.133 e. The van der Waals surface area contributed by atoms with Gasteiger partial charge in [0, 0.05) is 24.6 Å². The number of benzene rings is 2. The summed E-state index contributed by atoms with van der Waals surface area (Å²) in [6.07, 6.45) is 3.56. The summed E-state index contributed by atoms with van der Waals surface area (Å²) in [5.41, 5.74) is 4.96. The molecule has 1 aromatic heterocycles. The first-order valence-electron chi connectivity index (χ1n) is 10.6. The van der Waals surface area contributed by atoms with E-state index in [0.29, 0.717) is 12.5 Å². The lowest BCUT2D eigenvalue weighted by molar-refractivity contribution is 0.247. The van der Waals surface area contributed by atoms with Crippen molar-refractivity contribution >= 4 is 5.82 Å². The van der Waals surface area contributed by atoms with E-state index >= 15 is 0 Å². The molecule has 5 nitrogen and oxygen atoms in total. The fourth-order valence-electron chi connectivity index (χ4n) is 4.53. The zero-order valence-electron chi connectivity index (χ0n) is 17.0. The van der Waals surface area contributed by atoms with Gasteiger partial charge in [0.15, 0.2) is 0 Å². The number of piperidine rings is 1. The van der Waals surface area contributed by atoms with E-state index in [1.807, 2.05) is 30.3 Å². The van der Waals surface area contributed by atoms with Crippen molar-refractivity contribution in [1.29, 1.82) is 0 Å². The average Bonchev–Trinajstić information content (AvgIpc) is 3.36. The number of nitrogens with one attached hydrogen (secondary N) is 1. The van der Waals surface area contributed by atoms with Crippen molar-refractivity contribution in [3.05, 3.63) is 71.4 Å². The molecule has 5 rings (SSSR count). The van der Waals surface area contributed by atoms with Gasteiger partial charge in [0.1, 0.15) is 18.2 Å². The van der Waals surface area contributed by atoms with Crippen molar-refractivity contribution in [2.24, 2.45) is 0 Å². The minimum atomic E-state index is 0.539. The molecule has 0 amide bonds. The van der Waals surface area contributed by atoms with Crippen molar-refractivity contribution < 1.29 is 4.74 Å². The molecule has 150 valence electrons. The van der Waals surface area contributed by atoms with Crippen molar-refractivity contribution in [3.8, 4) is 11.4 Å². The van der Waals surface area contributed by atoms with E-state index < -0.39 is 0 Å². The number of rotatable bonds is 5. The summed E-state index contributed by atoms with van der Waals surface area (Å²) < 4.78 is 8.03. The Balaban J connectivity index is 1.36. The Morgan fingerprint density at radius 3 is 2.72 bits per heavy atom. The molecule has 1 fully saturated rings. The van der Waals surface area contributed by atoms with Crippen LogP contribution in [0.3, 0.4) is 0 Å². The molecule has 2 aliphatic rings. The van der Waals surface area contributed by atoms with Crippen LogP contribution in [0.2, 0.25) is 0 Å².